The molecule has 2 N–H and O–H groups in total. The van der Waals surface area contributed by atoms with Gasteiger partial charge < -0.3 is 10.4 Å². The fourth-order valence-corrected chi connectivity index (χ4v) is 2.78. The Morgan fingerprint density at radius 1 is 1.44 bits per heavy atom. The molecule has 4 nitrogen and oxygen atoms in total. The van der Waals surface area contributed by atoms with Crippen molar-refractivity contribution in [3.8, 4) is 0 Å². The van der Waals surface area contributed by atoms with Crippen LogP contribution >= 0.6 is 0 Å². The zero-order valence-corrected chi connectivity index (χ0v) is 12.0. The van der Waals surface area contributed by atoms with Gasteiger partial charge in [0, 0.05) is 12.1 Å². The van der Waals surface area contributed by atoms with Crippen LogP contribution in [0.15, 0.2) is 0 Å². The lowest BCUT2D eigenvalue weighted by atomic mass is 9.91. The maximum atomic E-state index is 11.9. The number of amides is 1. The summed E-state index contributed by atoms with van der Waals surface area (Å²) in [7, 11) is 1.93. The third kappa shape index (κ3) is 4.94. The van der Waals surface area contributed by atoms with Gasteiger partial charge in [0.15, 0.2) is 0 Å². The Morgan fingerprint density at radius 2 is 2.11 bits per heavy atom. The second-order valence-corrected chi connectivity index (χ2v) is 5.59. The van der Waals surface area contributed by atoms with E-state index < -0.39 is 0 Å². The summed E-state index contributed by atoms with van der Waals surface area (Å²) in [5.74, 6) is 0.0659. The van der Waals surface area contributed by atoms with Crippen LogP contribution in [0.1, 0.15) is 52.4 Å². The third-order valence-electron chi connectivity index (χ3n) is 3.78. The summed E-state index contributed by atoms with van der Waals surface area (Å²) in [5, 5.41) is 12.9. The van der Waals surface area contributed by atoms with Crippen molar-refractivity contribution in [2.45, 2.75) is 70.6 Å². The van der Waals surface area contributed by atoms with Gasteiger partial charge in [0.25, 0.3) is 0 Å². The van der Waals surface area contributed by atoms with Crippen LogP contribution in [0.2, 0.25) is 0 Å². The highest BCUT2D eigenvalue weighted by molar-refractivity contribution is 5.78. The number of nitrogens with one attached hydrogen (secondary N) is 1. The number of carbonyl (C=O) groups excluding carboxylic acids is 1. The molecule has 0 spiro atoms. The zero-order valence-electron chi connectivity index (χ0n) is 12.0. The van der Waals surface area contributed by atoms with Crippen molar-refractivity contribution in [1.29, 1.82) is 0 Å². The van der Waals surface area contributed by atoms with Crippen molar-refractivity contribution < 1.29 is 9.90 Å². The molecule has 3 unspecified atom stereocenters. The molecule has 1 aliphatic carbocycles. The summed E-state index contributed by atoms with van der Waals surface area (Å²) in [4.78, 5) is 13.9. The van der Waals surface area contributed by atoms with Crippen molar-refractivity contribution in [3.05, 3.63) is 0 Å². The molecule has 0 aliphatic heterocycles. The molecular formula is C14H28N2O2. The Bertz CT molecular complexity index is 258. The first-order valence-corrected chi connectivity index (χ1v) is 7.22. The number of likely N-dealkylation sites (N-methyl/N-ethyl adjacent to an activating group) is 1. The quantitative estimate of drug-likeness (QED) is 0.758. The van der Waals surface area contributed by atoms with E-state index in [1.165, 1.54) is 0 Å². The number of hydrogen-bond acceptors (Lipinski definition) is 3. The second kappa shape index (κ2) is 7.74. The summed E-state index contributed by atoms with van der Waals surface area (Å²) in [5.41, 5.74) is 0. The molecule has 106 valence electrons. The van der Waals surface area contributed by atoms with Gasteiger partial charge >= 0.3 is 0 Å². The van der Waals surface area contributed by atoms with E-state index >= 15 is 0 Å². The van der Waals surface area contributed by atoms with Crippen molar-refractivity contribution in [3.63, 3.8) is 0 Å². The first-order valence-electron chi connectivity index (χ1n) is 7.22. The van der Waals surface area contributed by atoms with Gasteiger partial charge in [-0.25, -0.2) is 0 Å². The minimum Gasteiger partial charge on any atom is -0.391 e. The van der Waals surface area contributed by atoms with Crippen LogP contribution in [0.4, 0.5) is 0 Å². The molecule has 0 saturated heterocycles. The lowest BCUT2D eigenvalue weighted by Crippen LogP contribution is -2.48. The highest BCUT2D eigenvalue weighted by atomic mass is 16.3. The van der Waals surface area contributed by atoms with Gasteiger partial charge in [-0.3, -0.25) is 9.69 Å². The Hall–Kier alpha value is -0.610. The molecule has 1 amide bonds. The van der Waals surface area contributed by atoms with Gasteiger partial charge in [-0.15, -0.1) is 0 Å². The van der Waals surface area contributed by atoms with Crippen molar-refractivity contribution >= 4 is 5.91 Å². The van der Waals surface area contributed by atoms with Gasteiger partial charge in [0.1, 0.15) is 0 Å². The molecule has 0 aromatic heterocycles. The number of hydrogen-bond donors (Lipinski definition) is 2. The molecule has 0 aromatic carbocycles. The van der Waals surface area contributed by atoms with Gasteiger partial charge in [0.2, 0.25) is 5.91 Å². The van der Waals surface area contributed by atoms with E-state index in [0.29, 0.717) is 6.54 Å². The third-order valence-corrected chi connectivity index (χ3v) is 3.78. The number of aliphatic hydroxyl groups excluding tert-OH is 1. The molecule has 4 heteroatoms. The average molecular weight is 256 g/mol. The summed E-state index contributed by atoms with van der Waals surface area (Å²) < 4.78 is 0. The number of aliphatic hydroxyl groups is 1. The molecule has 1 saturated carbocycles. The van der Waals surface area contributed by atoms with Gasteiger partial charge in [-0.2, -0.15) is 0 Å². The summed E-state index contributed by atoms with van der Waals surface area (Å²) in [6.07, 6.45) is 5.94. The smallest absolute Gasteiger partial charge is 0.234 e. The summed E-state index contributed by atoms with van der Waals surface area (Å²) in [6.45, 7) is 4.54. The Kier molecular flexibility index (Phi) is 6.65. The molecular weight excluding hydrogens is 228 g/mol. The highest BCUT2D eigenvalue weighted by Gasteiger charge is 2.27. The number of rotatable bonds is 6. The van der Waals surface area contributed by atoms with Crippen LogP contribution in [-0.4, -0.2) is 47.7 Å². The van der Waals surface area contributed by atoms with Crippen LogP contribution in [0, 0.1) is 0 Å². The molecule has 0 bridgehead atoms. The van der Waals surface area contributed by atoms with Crippen LogP contribution < -0.4 is 5.32 Å². The lowest BCUT2D eigenvalue weighted by Gasteiger charge is -2.34. The summed E-state index contributed by atoms with van der Waals surface area (Å²) in [6, 6.07) is 0.387. The van der Waals surface area contributed by atoms with Crippen LogP contribution in [-0.2, 0) is 4.79 Å². The Labute approximate surface area is 111 Å². The van der Waals surface area contributed by atoms with Crippen molar-refractivity contribution in [2.24, 2.45) is 0 Å². The average Bonchev–Trinajstić information content (AvgIpc) is 2.29. The molecule has 0 heterocycles. The molecule has 1 rings (SSSR count). The van der Waals surface area contributed by atoms with Crippen molar-refractivity contribution in [1.82, 2.24) is 10.2 Å². The van der Waals surface area contributed by atoms with E-state index in [2.05, 4.69) is 12.2 Å². The molecule has 18 heavy (non-hydrogen) atoms. The minimum atomic E-state index is -0.274. The molecule has 1 fully saturated rings. The minimum absolute atomic E-state index is 0.0659. The molecule has 1 aliphatic rings. The van der Waals surface area contributed by atoms with Gasteiger partial charge in [-0.05, 0) is 33.2 Å². The van der Waals surface area contributed by atoms with E-state index in [9.17, 15) is 9.90 Å². The number of carbonyl (C=O) groups is 1. The van der Waals surface area contributed by atoms with Gasteiger partial charge in [-0.1, -0.05) is 26.2 Å². The topological polar surface area (TPSA) is 52.6 Å². The van der Waals surface area contributed by atoms with Crippen LogP contribution in [0.3, 0.4) is 0 Å². The second-order valence-electron chi connectivity index (χ2n) is 5.59. The lowest BCUT2D eigenvalue weighted by molar-refractivity contribution is -0.123. The van der Waals surface area contributed by atoms with E-state index in [1.807, 2.05) is 18.9 Å². The maximum Gasteiger partial charge on any atom is 0.234 e. The monoisotopic (exact) mass is 256 g/mol. The Balaban J connectivity index is 2.34. The van der Waals surface area contributed by atoms with Crippen LogP contribution in [0.25, 0.3) is 0 Å². The predicted octanol–water partition coefficient (Wildman–Crippen LogP) is 1.53. The van der Waals surface area contributed by atoms with Gasteiger partial charge in [0.05, 0.1) is 12.6 Å². The van der Waals surface area contributed by atoms with E-state index in [-0.39, 0.29) is 24.1 Å². The van der Waals surface area contributed by atoms with E-state index in [0.717, 1.165) is 38.5 Å². The largest absolute Gasteiger partial charge is 0.391 e. The first kappa shape index (κ1) is 15.4. The molecule has 3 atom stereocenters. The fourth-order valence-electron chi connectivity index (χ4n) is 2.78. The fraction of sp³-hybridized carbons (Fsp3) is 0.929. The van der Waals surface area contributed by atoms with E-state index in [1.54, 1.807) is 0 Å². The zero-order chi connectivity index (χ0) is 13.5. The SMILES string of the molecule is CCCC(C)NC(=O)CN(C)C1CCCCC1O. The standard InChI is InChI=1S/C14H28N2O2/c1-4-7-11(2)15-14(18)10-16(3)12-8-5-6-9-13(12)17/h11-13,17H,4-10H2,1-3H3,(H,15,18). The maximum absolute atomic E-state index is 11.9. The first-order chi connectivity index (χ1) is 8.54. The van der Waals surface area contributed by atoms with Crippen molar-refractivity contribution in [2.75, 3.05) is 13.6 Å². The predicted molar refractivity (Wildman–Crippen MR) is 73.4 cm³/mol. The van der Waals surface area contributed by atoms with E-state index in [4.69, 9.17) is 0 Å². The molecule has 0 radical (unpaired) electrons. The molecule has 0 aromatic rings. The normalized spacial score (nSPS) is 26.1. The van der Waals surface area contributed by atoms with Crippen LogP contribution in [0.5, 0.6) is 0 Å². The summed E-state index contributed by atoms with van der Waals surface area (Å²) >= 11 is 0. The number of nitrogens with zero attached hydrogens (tertiary/aromatic N) is 1. The highest BCUT2D eigenvalue weighted by Crippen LogP contribution is 2.22. The Morgan fingerprint density at radius 3 is 2.72 bits per heavy atom.